The van der Waals surface area contributed by atoms with Gasteiger partial charge in [0.25, 0.3) is 0 Å². The normalized spacial score (nSPS) is 19.7. The Labute approximate surface area is 157 Å². The fourth-order valence-corrected chi connectivity index (χ4v) is 3.86. The van der Waals surface area contributed by atoms with E-state index in [0.29, 0.717) is 31.9 Å². The number of anilines is 1. The Morgan fingerprint density at radius 1 is 1.22 bits per heavy atom. The van der Waals surface area contributed by atoms with Crippen molar-refractivity contribution < 1.29 is 9.53 Å². The van der Waals surface area contributed by atoms with E-state index in [-0.39, 0.29) is 17.5 Å². The molecule has 0 saturated carbocycles. The molecule has 2 aliphatic rings. The summed E-state index contributed by atoms with van der Waals surface area (Å²) in [5.41, 5.74) is 0.895. The van der Waals surface area contributed by atoms with Gasteiger partial charge in [-0.15, -0.1) is 0 Å². The lowest BCUT2D eigenvalue weighted by Gasteiger charge is -2.38. The summed E-state index contributed by atoms with van der Waals surface area (Å²) in [6, 6.07) is 3.83. The Hall–Kier alpha value is -2.84. The standard InChI is InChI=1S/C18H24N6O3/c1-21-18(26)24-12-13(3-5-15(24)20-21)17(25)23-9-7-22(8-10-23)14-4-6-16(27-2)19-11-14/h4,6,11,13H,3,5,7-10,12H2,1-2H3. The quantitative estimate of drug-likeness (QED) is 0.748. The Kier molecular flexibility index (Phi) is 4.59. The average Bonchev–Trinajstić information content (AvgIpc) is 3.01. The Morgan fingerprint density at radius 2 is 2.00 bits per heavy atom. The number of aryl methyl sites for hydroxylation is 2. The van der Waals surface area contributed by atoms with E-state index < -0.39 is 0 Å². The van der Waals surface area contributed by atoms with Crippen LogP contribution in [0.5, 0.6) is 5.88 Å². The molecular formula is C18H24N6O3. The molecule has 2 aromatic heterocycles. The smallest absolute Gasteiger partial charge is 0.345 e. The van der Waals surface area contributed by atoms with E-state index >= 15 is 0 Å². The summed E-state index contributed by atoms with van der Waals surface area (Å²) in [7, 11) is 3.25. The second-order valence-corrected chi connectivity index (χ2v) is 7.04. The number of pyridine rings is 1. The molecule has 144 valence electrons. The van der Waals surface area contributed by atoms with Crippen molar-refractivity contribution in [1.29, 1.82) is 0 Å². The second kappa shape index (κ2) is 7.05. The van der Waals surface area contributed by atoms with Crippen molar-refractivity contribution in [2.24, 2.45) is 13.0 Å². The van der Waals surface area contributed by atoms with Crippen LogP contribution < -0.4 is 15.3 Å². The van der Waals surface area contributed by atoms with Crippen LogP contribution in [-0.2, 0) is 24.8 Å². The molecular weight excluding hydrogens is 348 g/mol. The summed E-state index contributed by atoms with van der Waals surface area (Å²) < 4.78 is 8.09. The number of carbonyl (C=O) groups is 1. The van der Waals surface area contributed by atoms with Crippen LogP contribution in [0, 0.1) is 5.92 Å². The average molecular weight is 372 g/mol. The summed E-state index contributed by atoms with van der Waals surface area (Å²) in [4.78, 5) is 33.5. The number of fused-ring (bicyclic) bond motifs is 1. The molecule has 0 spiro atoms. The molecule has 1 unspecified atom stereocenters. The van der Waals surface area contributed by atoms with Crippen LogP contribution in [0.25, 0.3) is 0 Å². The lowest BCUT2D eigenvalue weighted by atomic mass is 9.97. The first-order valence-corrected chi connectivity index (χ1v) is 9.23. The SMILES string of the molecule is COc1ccc(N2CCN(C(=O)C3CCc4nn(C)c(=O)n4C3)CC2)cn1. The minimum absolute atomic E-state index is 0.140. The van der Waals surface area contributed by atoms with E-state index in [1.54, 1.807) is 24.9 Å². The highest BCUT2D eigenvalue weighted by Crippen LogP contribution is 2.22. The van der Waals surface area contributed by atoms with Crippen LogP contribution in [0.2, 0.25) is 0 Å². The molecule has 9 nitrogen and oxygen atoms in total. The summed E-state index contributed by atoms with van der Waals surface area (Å²) in [6.45, 7) is 3.32. The fraction of sp³-hybridized carbons (Fsp3) is 0.556. The number of ether oxygens (including phenoxy) is 1. The number of methoxy groups -OCH3 is 1. The van der Waals surface area contributed by atoms with E-state index in [1.165, 1.54) is 4.68 Å². The van der Waals surface area contributed by atoms with Gasteiger partial charge in [-0.3, -0.25) is 9.36 Å². The third kappa shape index (κ3) is 3.29. The fourth-order valence-electron chi connectivity index (χ4n) is 3.86. The molecule has 0 bridgehead atoms. The monoisotopic (exact) mass is 372 g/mol. The first-order chi connectivity index (χ1) is 13.1. The molecule has 0 N–H and O–H groups in total. The zero-order valence-electron chi connectivity index (χ0n) is 15.7. The van der Waals surface area contributed by atoms with Crippen LogP contribution in [0.3, 0.4) is 0 Å². The van der Waals surface area contributed by atoms with Crippen molar-refractivity contribution in [1.82, 2.24) is 24.2 Å². The van der Waals surface area contributed by atoms with Crippen LogP contribution in [0.15, 0.2) is 23.1 Å². The summed E-state index contributed by atoms with van der Waals surface area (Å²) >= 11 is 0. The lowest BCUT2D eigenvalue weighted by molar-refractivity contribution is -0.136. The molecule has 0 radical (unpaired) electrons. The predicted molar refractivity (Wildman–Crippen MR) is 98.9 cm³/mol. The third-order valence-electron chi connectivity index (χ3n) is 5.44. The number of piperazine rings is 1. The second-order valence-electron chi connectivity index (χ2n) is 7.04. The Balaban J connectivity index is 1.37. The molecule has 1 atom stereocenters. The van der Waals surface area contributed by atoms with Crippen molar-refractivity contribution in [3.05, 3.63) is 34.6 Å². The first-order valence-electron chi connectivity index (χ1n) is 9.23. The lowest BCUT2D eigenvalue weighted by Crippen LogP contribution is -2.51. The number of aromatic nitrogens is 4. The van der Waals surface area contributed by atoms with E-state index in [0.717, 1.165) is 31.0 Å². The van der Waals surface area contributed by atoms with Crippen LogP contribution in [-0.4, -0.2) is 63.4 Å². The van der Waals surface area contributed by atoms with E-state index in [4.69, 9.17) is 4.74 Å². The minimum atomic E-state index is -0.145. The number of rotatable bonds is 3. The first kappa shape index (κ1) is 17.6. The molecule has 2 aromatic rings. The molecule has 9 heteroatoms. The van der Waals surface area contributed by atoms with Crippen LogP contribution in [0.4, 0.5) is 5.69 Å². The molecule has 4 heterocycles. The summed E-state index contributed by atoms with van der Waals surface area (Å²) in [5.74, 6) is 1.37. The van der Waals surface area contributed by atoms with Gasteiger partial charge in [0, 0.05) is 52.3 Å². The van der Waals surface area contributed by atoms with Crippen LogP contribution >= 0.6 is 0 Å². The number of hydrogen-bond acceptors (Lipinski definition) is 6. The number of hydrogen-bond donors (Lipinski definition) is 0. The zero-order chi connectivity index (χ0) is 19.0. The summed E-state index contributed by atoms with van der Waals surface area (Å²) in [5, 5.41) is 4.23. The van der Waals surface area contributed by atoms with Gasteiger partial charge in [0.05, 0.1) is 24.9 Å². The van der Waals surface area contributed by atoms with Gasteiger partial charge in [0.2, 0.25) is 11.8 Å². The molecule has 27 heavy (non-hydrogen) atoms. The molecule has 2 aliphatic heterocycles. The molecule has 1 fully saturated rings. The van der Waals surface area contributed by atoms with Crippen LogP contribution in [0.1, 0.15) is 12.2 Å². The van der Waals surface area contributed by atoms with Gasteiger partial charge in [0.15, 0.2) is 0 Å². The van der Waals surface area contributed by atoms with Gasteiger partial charge in [-0.2, -0.15) is 5.10 Å². The van der Waals surface area contributed by atoms with Gasteiger partial charge in [0.1, 0.15) is 5.82 Å². The van der Waals surface area contributed by atoms with Crippen molar-refractivity contribution >= 4 is 11.6 Å². The maximum absolute atomic E-state index is 12.9. The molecule has 1 saturated heterocycles. The maximum atomic E-state index is 12.9. The van der Waals surface area contributed by atoms with Crippen molar-refractivity contribution in [3.8, 4) is 5.88 Å². The Morgan fingerprint density at radius 3 is 2.67 bits per heavy atom. The predicted octanol–water partition coefficient (Wildman–Crippen LogP) is -0.103. The van der Waals surface area contributed by atoms with Gasteiger partial charge in [-0.25, -0.2) is 14.5 Å². The molecule has 4 rings (SSSR count). The van der Waals surface area contributed by atoms with Crippen molar-refractivity contribution in [2.45, 2.75) is 19.4 Å². The Bertz CT molecular complexity index is 879. The van der Waals surface area contributed by atoms with Crippen molar-refractivity contribution in [2.75, 3.05) is 38.2 Å². The van der Waals surface area contributed by atoms with E-state index in [2.05, 4.69) is 15.0 Å². The highest BCUT2D eigenvalue weighted by Gasteiger charge is 2.32. The maximum Gasteiger partial charge on any atom is 0.345 e. The number of carbonyl (C=O) groups excluding carboxylic acids is 1. The van der Waals surface area contributed by atoms with E-state index in [9.17, 15) is 9.59 Å². The molecule has 0 aliphatic carbocycles. The highest BCUT2D eigenvalue weighted by molar-refractivity contribution is 5.79. The highest BCUT2D eigenvalue weighted by atomic mass is 16.5. The number of amides is 1. The van der Waals surface area contributed by atoms with Gasteiger partial charge < -0.3 is 14.5 Å². The zero-order valence-corrected chi connectivity index (χ0v) is 15.7. The van der Waals surface area contributed by atoms with Gasteiger partial charge in [-0.1, -0.05) is 0 Å². The largest absolute Gasteiger partial charge is 0.481 e. The van der Waals surface area contributed by atoms with Gasteiger partial charge in [-0.05, 0) is 12.5 Å². The minimum Gasteiger partial charge on any atom is -0.481 e. The van der Waals surface area contributed by atoms with Crippen molar-refractivity contribution in [3.63, 3.8) is 0 Å². The number of nitrogens with zero attached hydrogens (tertiary/aromatic N) is 6. The summed E-state index contributed by atoms with van der Waals surface area (Å²) in [6.07, 6.45) is 3.22. The molecule has 1 amide bonds. The van der Waals surface area contributed by atoms with E-state index in [1.807, 2.05) is 17.0 Å². The third-order valence-corrected chi connectivity index (χ3v) is 5.44. The van der Waals surface area contributed by atoms with Gasteiger partial charge >= 0.3 is 5.69 Å². The molecule has 0 aromatic carbocycles. The topological polar surface area (TPSA) is 85.5 Å².